The molecule has 0 aliphatic carbocycles. The summed E-state index contributed by atoms with van der Waals surface area (Å²) in [6.07, 6.45) is 0. The number of esters is 1. The number of carbonyl (C=O) groups is 2. The minimum Gasteiger partial charge on any atom is -0.462 e. The third-order valence-electron chi connectivity index (χ3n) is 5.16. The van der Waals surface area contributed by atoms with Gasteiger partial charge in [-0.15, -0.1) is 0 Å². The van der Waals surface area contributed by atoms with Crippen molar-refractivity contribution in [3.8, 4) is 0 Å². The fraction of sp³-hybridized carbons (Fsp3) is 0.364. The summed E-state index contributed by atoms with van der Waals surface area (Å²) in [5, 5.41) is 2.72. The highest BCUT2D eigenvalue weighted by molar-refractivity contribution is 7.89. The lowest BCUT2D eigenvalue weighted by Crippen LogP contribution is -2.47. The summed E-state index contributed by atoms with van der Waals surface area (Å²) in [7, 11) is -1.75. The number of sulfonamides is 1. The molecular formula is C22H27N3O5S. The van der Waals surface area contributed by atoms with Crippen molar-refractivity contribution in [1.29, 1.82) is 0 Å². The maximum atomic E-state index is 13.2. The summed E-state index contributed by atoms with van der Waals surface area (Å²) in [5.74, 6) is -0.940. The highest BCUT2D eigenvalue weighted by atomic mass is 32.2. The molecule has 0 bridgehead atoms. The van der Waals surface area contributed by atoms with Gasteiger partial charge in [0, 0.05) is 37.4 Å². The molecule has 1 fully saturated rings. The first-order valence-electron chi connectivity index (χ1n) is 10.1. The number of likely N-dealkylation sites (N-methyl/N-ethyl adjacent to an activating group) is 1. The molecule has 8 nitrogen and oxygen atoms in total. The first-order chi connectivity index (χ1) is 14.7. The van der Waals surface area contributed by atoms with Crippen LogP contribution < -0.4 is 5.32 Å². The van der Waals surface area contributed by atoms with Crippen LogP contribution in [0.3, 0.4) is 0 Å². The molecule has 31 heavy (non-hydrogen) atoms. The van der Waals surface area contributed by atoms with Gasteiger partial charge in [-0.2, -0.15) is 4.31 Å². The van der Waals surface area contributed by atoms with Crippen LogP contribution in [0, 0.1) is 6.92 Å². The standard InChI is InChI=1S/C22H27N3O5S/c1-4-30-22(27)18-6-5-7-19(14-18)23-21(26)17-9-8-16(2)20(15-17)31(28,29)25-12-10-24(3)11-13-25/h5-9,14-15H,4,10-13H2,1-3H3,(H,23,26). The predicted molar refractivity (Wildman–Crippen MR) is 118 cm³/mol. The van der Waals surface area contributed by atoms with E-state index in [4.69, 9.17) is 4.74 Å². The van der Waals surface area contributed by atoms with Crippen molar-refractivity contribution in [3.05, 3.63) is 59.2 Å². The minimum atomic E-state index is -3.70. The average molecular weight is 446 g/mol. The molecule has 3 rings (SSSR count). The number of rotatable bonds is 6. The fourth-order valence-electron chi connectivity index (χ4n) is 3.33. The van der Waals surface area contributed by atoms with Gasteiger partial charge in [0.25, 0.3) is 5.91 Å². The molecule has 0 atom stereocenters. The largest absolute Gasteiger partial charge is 0.462 e. The maximum Gasteiger partial charge on any atom is 0.338 e. The maximum absolute atomic E-state index is 13.2. The Morgan fingerprint density at radius 2 is 1.74 bits per heavy atom. The lowest BCUT2D eigenvalue weighted by atomic mass is 10.1. The zero-order chi connectivity index (χ0) is 22.6. The monoisotopic (exact) mass is 445 g/mol. The summed E-state index contributed by atoms with van der Waals surface area (Å²) in [6, 6.07) is 11.0. The Bertz CT molecular complexity index is 1080. The number of nitrogens with zero attached hydrogens (tertiary/aromatic N) is 2. The fourth-order valence-corrected chi connectivity index (χ4v) is 5.00. The van der Waals surface area contributed by atoms with Crippen molar-refractivity contribution in [2.24, 2.45) is 0 Å². The Hall–Kier alpha value is -2.75. The number of nitrogens with one attached hydrogen (secondary N) is 1. The zero-order valence-electron chi connectivity index (χ0n) is 17.9. The Labute approximate surface area is 182 Å². The van der Waals surface area contributed by atoms with Crippen LogP contribution in [-0.4, -0.2) is 69.3 Å². The summed E-state index contributed by atoms with van der Waals surface area (Å²) < 4.78 is 32.7. The van der Waals surface area contributed by atoms with Crippen LogP contribution in [0.4, 0.5) is 5.69 Å². The number of aryl methyl sites for hydroxylation is 1. The van der Waals surface area contributed by atoms with Crippen LogP contribution in [0.25, 0.3) is 0 Å². The van der Waals surface area contributed by atoms with E-state index >= 15 is 0 Å². The summed E-state index contributed by atoms with van der Waals surface area (Å²) in [4.78, 5) is 26.9. The molecule has 1 amide bonds. The molecule has 0 spiro atoms. The molecule has 1 heterocycles. The second-order valence-electron chi connectivity index (χ2n) is 7.44. The third kappa shape index (κ3) is 5.30. The summed E-state index contributed by atoms with van der Waals surface area (Å²) in [5.41, 5.74) is 1.54. The van der Waals surface area contributed by atoms with Gasteiger partial charge in [0.1, 0.15) is 0 Å². The van der Waals surface area contributed by atoms with E-state index in [2.05, 4.69) is 10.2 Å². The molecule has 0 saturated carbocycles. The van der Waals surface area contributed by atoms with Gasteiger partial charge in [-0.05, 0) is 56.8 Å². The number of piperazine rings is 1. The first kappa shape index (κ1) is 22.9. The topological polar surface area (TPSA) is 96.0 Å². The highest BCUT2D eigenvalue weighted by Crippen LogP contribution is 2.23. The van der Waals surface area contributed by atoms with Crippen LogP contribution in [0.1, 0.15) is 33.2 Å². The van der Waals surface area contributed by atoms with Crippen LogP contribution >= 0.6 is 0 Å². The Morgan fingerprint density at radius 1 is 1.03 bits per heavy atom. The number of anilines is 1. The molecule has 2 aromatic rings. The van der Waals surface area contributed by atoms with Crippen LogP contribution in [0.15, 0.2) is 47.4 Å². The molecule has 9 heteroatoms. The number of benzene rings is 2. The molecular weight excluding hydrogens is 418 g/mol. The van der Waals surface area contributed by atoms with Crippen LogP contribution in [0.2, 0.25) is 0 Å². The molecule has 1 saturated heterocycles. The van der Waals surface area contributed by atoms with Gasteiger partial charge in [-0.1, -0.05) is 12.1 Å². The predicted octanol–water partition coefficient (Wildman–Crippen LogP) is 2.36. The van der Waals surface area contributed by atoms with Gasteiger partial charge in [-0.3, -0.25) is 4.79 Å². The molecule has 0 unspecified atom stereocenters. The van der Waals surface area contributed by atoms with E-state index < -0.39 is 21.9 Å². The molecule has 1 N–H and O–H groups in total. The van der Waals surface area contributed by atoms with E-state index in [0.29, 0.717) is 43.0 Å². The molecule has 1 aliphatic heterocycles. The van der Waals surface area contributed by atoms with Crippen molar-refractivity contribution in [2.45, 2.75) is 18.7 Å². The molecule has 1 aliphatic rings. The van der Waals surface area contributed by atoms with Gasteiger partial charge in [0.05, 0.1) is 17.1 Å². The van der Waals surface area contributed by atoms with E-state index in [1.165, 1.54) is 16.4 Å². The van der Waals surface area contributed by atoms with Gasteiger partial charge in [0.2, 0.25) is 10.0 Å². The van der Waals surface area contributed by atoms with Crippen molar-refractivity contribution in [1.82, 2.24) is 9.21 Å². The number of hydrogen-bond donors (Lipinski definition) is 1. The summed E-state index contributed by atoms with van der Waals surface area (Å²) >= 11 is 0. The van der Waals surface area contributed by atoms with Gasteiger partial charge < -0.3 is 15.0 Å². The Kier molecular flexibility index (Phi) is 7.09. The molecule has 0 aromatic heterocycles. The van der Waals surface area contributed by atoms with E-state index in [1.54, 1.807) is 44.2 Å². The van der Waals surface area contributed by atoms with Crippen LogP contribution in [-0.2, 0) is 14.8 Å². The molecule has 166 valence electrons. The quantitative estimate of drug-likeness (QED) is 0.686. The van der Waals surface area contributed by atoms with Crippen molar-refractivity contribution < 1.29 is 22.7 Å². The lowest BCUT2D eigenvalue weighted by Gasteiger charge is -2.32. The Balaban J connectivity index is 1.82. The SMILES string of the molecule is CCOC(=O)c1cccc(NC(=O)c2ccc(C)c(S(=O)(=O)N3CCN(C)CC3)c2)c1. The highest BCUT2D eigenvalue weighted by Gasteiger charge is 2.29. The number of carbonyl (C=O) groups excluding carboxylic acids is 2. The Morgan fingerprint density at radius 3 is 2.42 bits per heavy atom. The lowest BCUT2D eigenvalue weighted by molar-refractivity contribution is 0.0526. The smallest absolute Gasteiger partial charge is 0.338 e. The van der Waals surface area contributed by atoms with Crippen molar-refractivity contribution in [3.63, 3.8) is 0 Å². The minimum absolute atomic E-state index is 0.130. The zero-order valence-corrected chi connectivity index (χ0v) is 18.7. The van der Waals surface area contributed by atoms with Gasteiger partial charge >= 0.3 is 5.97 Å². The number of amides is 1. The van der Waals surface area contributed by atoms with Crippen molar-refractivity contribution >= 4 is 27.6 Å². The van der Waals surface area contributed by atoms with E-state index in [-0.39, 0.29) is 17.1 Å². The van der Waals surface area contributed by atoms with E-state index in [1.807, 2.05) is 7.05 Å². The van der Waals surface area contributed by atoms with E-state index in [0.717, 1.165) is 0 Å². The summed E-state index contributed by atoms with van der Waals surface area (Å²) in [6.45, 7) is 5.83. The first-order valence-corrected chi connectivity index (χ1v) is 11.5. The second-order valence-corrected chi connectivity index (χ2v) is 9.35. The van der Waals surface area contributed by atoms with Crippen molar-refractivity contribution in [2.75, 3.05) is 45.2 Å². The van der Waals surface area contributed by atoms with Gasteiger partial charge in [-0.25, -0.2) is 13.2 Å². The second kappa shape index (κ2) is 9.59. The number of ether oxygens (including phenoxy) is 1. The number of hydrogen-bond acceptors (Lipinski definition) is 6. The van der Waals surface area contributed by atoms with E-state index in [9.17, 15) is 18.0 Å². The van der Waals surface area contributed by atoms with Crippen LogP contribution in [0.5, 0.6) is 0 Å². The molecule has 2 aromatic carbocycles. The molecule has 0 radical (unpaired) electrons. The normalized spacial score (nSPS) is 15.5. The third-order valence-corrected chi connectivity index (χ3v) is 7.20. The average Bonchev–Trinajstić information content (AvgIpc) is 2.74. The van der Waals surface area contributed by atoms with Gasteiger partial charge in [0.15, 0.2) is 0 Å².